The highest BCUT2D eigenvalue weighted by atomic mass is 35.5. The molecule has 0 aliphatic carbocycles. The maximum absolute atomic E-state index is 11.1. The second-order valence-corrected chi connectivity index (χ2v) is 3.67. The van der Waals surface area contributed by atoms with E-state index in [-0.39, 0.29) is 27.3 Å². The standard InChI is InChI=1S/C10H11ClN2O7/c1-18-7-4-3-6(5-20-12(11)10(14)15)8(13(16)17)9(7)19-2/h3-4H,5H2,1-2H3,(H,14,15). The predicted octanol–water partition coefficient (Wildman–Crippen LogP) is 2.18. The molecule has 20 heavy (non-hydrogen) atoms. The Morgan fingerprint density at radius 3 is 2.55 bits per heavy atom. The summed E-state index contributed by atoms with van der Waals surface area (Å²) in [6, 6.07) is 2.79. The number of carboxylic acid groups (broad SMARTS) is 1. The van der Waals surface area contributed by atoms with Crippen LogP contribution in [0.5, 0.6) is 11.5 Å². The molecule has 9 nitrogen and oxygen atoms in total. The molecule has 0 atom stereocenters. The molecule has 10 heteroatoms. The highest BCUT2D eigenvalue weighted by Crippen LogP contribution is 2.39. The SMILES string of the molecule is COc1ccc(CON(Cl)C(=O)O)c([N+](=O)[O-])c1OC. The fourth-order valence-electron chi connectivity index (χ4n) is 1.45. The van der Waals surface area contributed by atoms with Crippen LogP contribution >= 0.6 is 11.8 Å². The molecule has 0 aromatic heterocycles. The van der Waals surface area contributed by atoms with E-state index in [2.05, 4.69) is 4.84 Å². The van der Waals surface area contributed by atoms with Crippen molar-refractivity contribution in [1.29, 1.82) is 0 Å². The first kappa shape index (κ1) is 15.8. The highest BCUT2D eigenvalue weighted by molar-refractivity contribution is 6.18. The van der Waals surface area contributed by atoms with Gasteiger partial charge in [0.05, 0.1) is 24.7 Å². The van der Waals surface area contributed by atoms with Gasteiger partial charge in [0, 0.05) is 11.8 Å². The van der Waals surface area contributed by atoms with Crippen molar-refractivity contribution in [2.75, 3.05) is 14.2 Å². The number of hydrogen-bond acceptors (Lipinski definition) is 6. The topological polar surface area (TPSA) is 111 Å². The molecule has 110 valence electrons. The van der Waals surface area contributed by atoms with Gasteiger partial charge in [0.2, 0.25) is 5.75 Å². The lowest BCUT2D eigenvalue weighted by atomic mass is 10.1. The molecule has 1 N–H and O–H groups in total. The van der Waals surface area contributed by atoms with Gasteiger partial charge in [0.1, 0.15) is 6.61 Å². The Balaban J connectivity index is 3.13. The molecule has 0 saturated carbocycles. The van der Waals surface area contributed by atoms with E-state index in [9.17, 15) is 14.9 Å². The number of amides is 1. The molecule has 0 fully saturated rings. The summed E-state index contributed by atoms with van der Waals surface area (Å²) in [6.45, 7) is -0.424. The van der Waals surface area contributed by atoms with Gasteiger partial charge < -0.3 is 14.6 Å². The molecular formula is C10H11ClN2O7. The molecular weight excluding hydrogens is 296 g/mol. The summed E-state index contributed by atoms with van der Waals surface area (Å²) in [6.07, 6.45) is -1.55. The van der Waals surface area contributed by atoms with Crippen LogP contribution in [0.25, 0.3) is 0 Å². The summed E-state index contributed by atoms with van der Waals surface area (Å²) in [5.74, 6) is 0.0824. The zero-order valence-corrected chi connectivity index (χ0v) is 11.3. The average Bonchev–Trinajstić information content (AvgIpc) is 2.42. The lowest BCUT2D eigenvalue weighted by Gasteiger charge is -2.12. The second-order valence-electron chi connectivity index (χ2n) is 3.37. The third-order valence-corrected chi connectivity index (χ3v) is 2.51. The molecule has 0 bridgehead atoms. The minimum absolute atomic E-state index is 0.0282. The lowest BCUT2D eigenvalue weighted by Crippen LogP contribution is -2.19. The number of benzene rings is 1. The fraction of sp³-hybridized carbons (Fsp3) is 0.300. The van der Waals surface area contributed by atoms with E-state index in [1.165, 1.54) is 26.4 Å². The first-order valence-corrected chi connectivity index (χ1v) is 5.46. The maximum atomic E-state index is 11.1. The third-order valence-electron chi connectivity index (χ3n) is 2.27. The zero-order chi connectivity index (χ0) is 15.3. The molecule has 1 aromatic rings. The number of carbonyl (C=O) groups is 1. The molecule has 0 radical (unpaired) electrons. The number of hydroxylamine groups is 1. The molecule has 0 spiro atoms. The van der Waals surface area contributed by atoms with Crippen LogP contribution in [0.4, 0.5) is 10.5 Å². The Kier molecular flexibility index (Phi) is 5.35. The summed E-state index contributed by atoms with van der Waals surface area (Å²) < 4.78 is 9.91. The molecule has 0 aliphatic heterocycles. The second kappa shape index (κ2) is 6.78. The smallest absolute Gasteiger partial charge is 0.447 e. The predicted molar refractivity (Wildman–Crippen MR) is 66.7 cm³/mol. The molecule has 0 unspecified atom stereocenters. The van der Waals surface area contributed by atoms with Crippen molar-refractivity contribution in [3.63, 3.8) is 0 Å². The first-order chi connectivity index (χ1) is 9.42. The van der Waals surface area contributed by atoms with Gasteiger partial charge in [0.25, 0.3) is 0 Å². The average molecular weight is 307 g/mol. The van der Waals surface area contributed by atoms with Crippen molar-refractivity contribution >= 4 is 23.6 Å². The molecule has 0 saturated heterocycles. The van der Waals surface area contributed by atoms with Crippen LogP contribution in [0.1, 0.15) is 5.56 Å². The molecule has 1 aromatic carbocycles. The third kappa shape index (κ3) is 3.39. The van der Waals surface area contributed by atoms with Crippen LogP contribution in [-0.2, 0) is 11.4 Å². The lowest BCUT2D eigenvalue weighted by molar-refractivity contribution is -0.387. The number of ether oxygens (including phenoxy) is 2. The summed E-state index contributed by atoms with van der Waals surface area (Å²) in [5.41, 5.74) is -0.304. The number of nitro groups is 1. The zero-order valence-electron chi connectivity index (χ0n) is 10.5. The molecule has 1 amide bonds. The van der Waals surface area contributed by atoms with E-state index in [0.717, 1.165) is 0 Å². The summed E-state index contributed by atoms with van der Waals surface area (Å²) in [5, 5.41) is 19.6. The Hall–Kier alpha value is -2.26. The Bertz CT molecular complexity index is 523. The van der Waals surface area contributed by atoms with Gasteiger partial charge in [-0.05, 0) is 12.1 Å². The largest absolute Gasteiger partial charge is 0.493 e. The number of methoxy groups -OCH3 is 2. The number of nitro benzene ring substituents is 1. The van der Waals surface area contributed by atoms with E-state index in [0.29, 0.717) is 0 Å². The van der Waals surface area contributed by atoms with Crippen LogP contribution in [-0.4, -0.2) is 34.9 Å². The van der Waals surface area contributed by atoms with Gasteiger partial charge in [-0.2, -0.15) is 0 Å². The van der Waals surface area contributed by atoms with Crippen LogP contribution in [0.2, 0.25) is 0 Å². The van der Waals surface area contributed by atoms with Crippen LogP contribution in [0, 0.1) is 10.1 Å². The van der Waals surface area contributed by atoms with Gasteiger partial charge in [-0.25, -0.2) is 9.63 Å². The van der Waals surface area contributed by atoms with E-state index < -0.39 is 17.6 Å². The number of nitrogens with zero attached hydrogens (tertiary/aromatic N) is 2. The van der Waals surface area contributed by atoms with Crippen molar-refractivity contribution in [2.24, 2.45) is 0 Å². The minimum Gasteiger partial charge on any atom is -0.493 e. The number of rotatable bonds is 6. The number of hydrogen-bond donors (Lipinski definition) is 1. The highest BCUT2D eigenvalue weighted by Gasteiger charge is 2.26. The Labute approximate surface area is 118 Å². The minimum atomic E-state index is -1.55. The van der Waals surface area contributed by atoms with E-state index in [1.54, 1.807) is 0 Å². The first-order valence-electron chi connectivity index (χ1n) is 5.12. The van der Waals surface area contributed by atoms with E-state index in [1.807, 2.05) is 0 Å². The fourth-order valence-corrected chi connectivity index (χ4v) is 1.50. The van der Waals surface area contributed by atoms with Gasteiger partial charge in [-0.3, -0.25) is 10.1 Å². The monoisotopic (exact) mass is 306 g/mol. The van der Waals surface area contributed by atoms with Crippen molar-refractivity contribution in [3.05, 3.63) is 27.8 Å². The van der Waals surface area contributed by atoms with Crippen LogP contribution in [0.3, 0.4) is 0 Å². The van der Waals surface area contributed by atoms with Crippen molar-refractivity contribution < 1.29 is 29.1 Å². The number of halogens is 1. The Morgan fingerprint density at radius 2 is 2.10 bits per heavy atom. The van der Waals surface area contributed by atoms with Crippen molar-refractivity contribution in [3.8, 4) is 11.5 Å². The van der Waals surface area contributed by atoms with Crippen molar-refractivity contribution in [2.45, 2.75) is 6.61 Å². The van der Waals surface area contributed by atoms with E-state index in [4.69, 9.17) is 26.4 Å². The maximum Gasteiger partial charge on any atom is 0.447 e. The molecule has 0 aliphatic rings. The molecule has 1 rings (SSSR count). The van der Waals surface area contributed by atoms with Gasteiger partial charge >= 0.3 is 11.8 Å². The normalized spacial score (nSPS) is 9.95. The summed E-state index contributed by atoms with van der Waals surface area (Å²) >= 11 is 5.22. The summed E-state index contributed by atoms with van der Waals surface area (Å²) in [4.78, 5) is 25.5. The summed E-state index contributed by atoms with van der Waals surface area (Å²) in [7, 11) is 2.59. The van der Waals surface area contributed by atoms with Crippen LogP contribution < -0.4 is 9.47 Å². The Morgan fingerprint density at radius 1 is 1.45 bits per heavy atom. The van der Waals surface area contributed by atoms with Crippen LogP contribution in [0.15, 0.2) is 12.1 Å². The van der Waals surface area contributed by atoms with Gasteiger partial charge in [0.15, 0.2) is 5.75 Å². The quantitative estimate of drug-likeness (QED) is 0.487. The van der Waals surface area contributed by atoms with Gasteiger partial charge in [-0.1, -0.05) is 4.58 Å². The van der Waals surface area contributed by atoms with Gasteiger partial charge in [-0.15, -0.1) is 0 Å². The van der Waals surface area contributed by atoms with E-state index >= 15 is 0 Å². The molecule has 0 heterocycles. The van der Waals surface area contributed by atoms with Crippen molar-refractivity contribution in [1.82, 2.24) is 4.58 Å².